The molecule has 4 rings (SSSR count). The molecule has 0 bridgehead atoms. The lowest BCUT2D eigenvalue weighted by molar-refractivity contribution is -0.131. The predicted molar refractivity (Wildman–Crippen MR) is 85.2 cm³/mol. The number of hydrogen-bond acceptors (Lipinski definition) is 2. The zero-order valence-corrected chi connectivity index (χ0v) is 13.6. The van der Waals surface area contributed by atoms with E-state index in [1.54, 1.807) is 0 Å². The Hall–Kier alpha value is -1.20. The molecular weight excluding hydrogens is 322 g/mol. The summed E-state index contributed by atoms with van der Waals surface area (Å²) in [5.74, 6) is -0.674. The first-order valence-electron chi connectivity index (χ1n) is 8.04. The Kier molecular flexibility index (Phi) is 4.36. The molecule has 0 spiro atoms. The van der Waals surface area contributed by atoms with Crippen LogP contribution in [-0.2, 0) is 4.79 Å². The molecule has 2 aliphatic carbocycles. The fraction of sp³-hybridized carbons (Fsp3) is 0.588. The third-order valence-electron chi connectivity index (χ3n) is 5.70. The summed E-state index contributed by atoms with van der Waals surface area (Å²) in [6.45, 7) is 1.48. The molecule has 3 fully saturated rings. The highest BCUT2D eigenvalue weighted by Gasteiger charge is 2.51. The normalized spacial score (nSPS) is 34.9. The summed E-state index contributed by atoms with van der Waals surface area (Å²) in [6.07, 6.45) is 2.68. The maximum atomic E-state index is 13.8. The van der Waals surface area contributed by atoms with E-state index in [0.29, 0.717) is 24.8 Å². The van der Waals surface area contributed by atoms with Crippen LogP contribution in [0.25, 0.3) is 0 Å². The van der Waals surface area contributed by atoms with Crippen LogP contribution in [0.3, 0.4) is 0 Å². The molecule has 1 aromatic carbocycles. The van der Waals surface area contributed by atoms with Crippen LogP contribution in [0.15, 0.2) is 18.2 Å². The summed E-state index contributed by atoms with van der Waals surface area (Å²) in [5, 5.41) is 0. The van der Waals surface area contributed by atoms with Crippen molar-refractivity contribution in [1.29, 1.82) is 0 Å². The summed E-state index contributed by atoms with van der Waals surface area (Å²) in [7, 11) is 0. The monoisotopic (exact) mass is 342 g/mol. The summed E-state index contributed by atoms with van der Waals surface area (Å²) in [6, 6.07) is 4.08. The number of halogens is 3. The number of carbonyl (C=O) groups is 1. The molecule has 126 valence electrons. The molecule has 1 aromatic rings. The Bertz CT molecular complexity index is 606. The highest BCUT2D eigenvalue weighted by atomic mass is 35.5. The molecule has 2 saturated carbocycles. The van der Waals surface area contributed by atoms with Gasteiger partial charge in [-0.25, -0.2) is 8.78 Å². The third-order valence-corrected chi connectivity index (χ3v) is 5.70. The number of likely N-dealkylation sites (tertiary alicyclic amines) is 1. The Balaban J connectivity index is 0.00000156. The van der Waals surface area contributed by atoms with Crippen LogP contribution in [-0.4, -0.2) is 29.9 Å². The molecule has 0 radical (unpaired) electrons. The summed E-state index contributed by atoms with van der Waals surface area (Å²) in [5.41, 5.74) is 6.18. The van der Waals surface area contributed by atoms with Gasteiger partial charge in [-0.15, -0.1) is 12.4 Å². The van der Waals surface area contributed by atoms with Crippen LogP contribution in [0.1, 0.15) is 30.7 Å². The van der Waals surface area contributed by atoms with E-state index < -0.39 is 11.6 Å². The van der Waals surface area contributed by atoms with Crippen LogP contribution in [0.2, 0.25) is 0 Å². The third kappa shape index (κ3) is 2.74. The molecular formula is C17H21ClF2N2O. The molecule has 23 heavy (non-hydrogen) atoms. The van der Waals surface area contributed by atoms with E-state index in [2.05, 4.69) is 0 Å². The number of nitrogens with two attached hydrogens (primary N) is 1. The number of benzene rings is 1. The average molecular weight is 343 g/mol. The van der Waals surface area contributed by atoms with Crippen molar-refractivity contribution in [3.63, 3.8) is 0 Å². The van der Waals surface area contributed by atoms with Crippen molar-refractivity contribution in [2.45, 2.75) is 31.2 Å². The lowest BCUT2D eigenvalue weighted by Gasteiger charge is -2.19. The first-order chi connectivity index (χ1) is 10.6. The molecule has 6 heteroatoms. The van der Waals surface area contributed by atoms with Crippen LogP contribution in [0.5, 0.6) is 0 Å². The predicted octanol–water partition coefficient (Wildman–Crippen LogP) is 2.69. The van der Waals surface area contributed by atoms with Crippen molar-refractivity contribution in [1.82, 2.24) is 4.90 Å². The smallest absolute Gasteiger partial charge is 0.226 e. The summed E-state index contributed by atoms with van der Waals surface area (Å²) < 4.78 is 27.6. The number of amides is 1. The maximum absolute atomic E-state index is 13.8. The van der Waals surface area contributed by atoms with Gasteiger partial charge in [-0.3, -0.25) is 4.79 Å². The van der Waals surface area contributed by atoms with Crippen molar-refractivity contribution >= 4 is 18.3 Å². The van der Waals surface area contributed by atoms with E-state index in [1.807, 2.05) is 4.90 Å². The zero-order valence-electron chi connectivity index (χ0n) is 12.8. The zero-order chi connectivity index (χ0) is 15.4. The number of nitrogens with zero attached hydrogens (tertiary/aromatic N) is 1. The molecule has 5 atom stereocenters. The maximum Gasteiger partial charge on any atom is 0.226 e. The van der Waals surface area contributed by atoms with Gasteiger partial charge in [0, 0.05) is 36.5 Å². The van der Waals surface area contributed by atoms with Gasteiger partial charge < -0.3 is 10.6 Å². The largest absolute Gasteiger partial charge is 0.342 e. The SMILES string of the molecule is Cl.NC1CCC2CN(C(=O)C3CC3c3c(F)cccc3F)CC12. The van der Waals surface area contributed by atoms with E-state index in [4.69, 9.17) is 5.73 Å². The number of rotatable bonds is 2. The van der Waals surface area contributed by atoms with Crippen molar-refractivity contribution in [3.05, 3.63) is 35.4 Å². The minimum Gasteiger partial charge on any atom is -0.342 e. The quantitative estimate of drug-likeness (QED) is 0.898. The Morgan fingerprint density at radius 2 is 1.87 bits per heavy atom. The first kappa shape index (κ1) is 16.7. The van der Waals surface area contributed by atoms with Gasteiger partial charge in [-0.05, 0) is 43.2 Å². The standard InChI is InChI=1S/C17H20F2N2O.ClH/c18-13-2-1-3-14(19)16(13)10-6-11(10)17(22)21-7-9-4-5-15(20)12(9)8-21;/h1-3,9-12,15H,4-8,20H2;1H. The molecule has 1 heterocycles. The number of carbonyl (C=O) groups excluding carboxylic acids is 1. The van der Waals surface area contributed by atoms with Gasteiger partial charge in [0.25, 0.3) is 0 Å². The molecule has 0 aromatic heterocycles. The van der Waals surface area contributed by atoms with E-state index in [-0.39, 0.29) is 41.8 Å². The van der Waals surface area contributed by atoms with Crippen molar-refractivity contribution in [2.75, 3.05) is 13.1 Å². The molecule has 1 saturated heterocycles. The van der Waals surface area contributed by atoms with Crippen LogP contribution in [0.4, 0.5) is 8.78 Å². The van der Waals surface area contributed by atoms with Crippen LogP contribution < -0.4 is 5.73 Å². The highest BCUT2D eigenvalue weighted by Crippen LogP contribution is 2.51. The fourth-order valence-corrected chi connectivity index (χ4v) is 4.37. The molecule has 3 nitrogen and oxygen atoms in total. The Morgan fingerprint density at radius 3 is 2.52 bits per heavy atom. The minimum atomic E-state index is -0.541. The van der Waals surface area contributed by atoms with Gasteiger partial charge in [0.15, 0.2) is 0 Å². The topological polar surface area (TPSA) is 46.3 Å². The Labute approximate surface area is 140 Å². The summed E-state index contributed by atoms with van der Waals surface area (Å²) >= 11 is 0. The van der Waals surface area contributed by atoms with Crippen LogP contribution >= 0.6 is 12.4 Å². The second-order valence-electron chi connectivity index (χ2n) is 6.99. The van der Waals surface area contributed by atoms with Gasteiger partial charge in [-0.2, -0.15) is 0 Å². The van der Waals surface area contributed by atoms with E-state index >= 15 is 0 Å². The lowest BCUT2D eigenvalue weighted by atomic mass is 9.98. The first-order valence-corrected chi connectivity index (χ1v) is 8.04. The van der Waals surface area contributed by atoms with Gasteiger partial charge in [0.2, 0.25) is 5.91 Å². The van der Waals surface area contributed by atoms with E-state index in [9.17, 15) is 13.6 Å². The molecule has 1 aliphatic heterocycles. The van der Waals surface area contributed by atoms with Gasteiger partial charge in [-0.1, -0.05) is 6.07 Å². The van der Waals surface area contributed by atoms with Gasteiger partial charge >= 0.3 is 0 Å². The second kappa shape index (κ2) is 6.02. The fourth-order valence-electron chi connectivity index (χ4n) is 4.37. The van der Waals surface area contributed by atoms with Gasteiger partial charge in [0.05, 0.1) is 0 Å². The second-order valence-corrected chi connectivity index (χ2v) is 6.99. The lowest BCUT2D eigenvalue weighted by Crippen LogP contribution is -2.34. The van der Waals surface area contributed by atoms with Crippen molar-refractivity contribution in [3.8, 4) is 0 Å². The van der Waals surface area contributed by atoms with E-state index in [1.165, 1.54) is 18.2 Å². The van der Waals surface area contributed by atoms with Crippen LogP contribution in [0, 0.1) is 29.4 Å². The Morgan fingerprint density at radius 1 is 1.17 bits per heavy atom. The highest BCUT2D eigenvalue weighted by molar-refractivity contribution is 5.85. The molecule has 3 aliphatic rings. The molecule has 5 unspecified atom stereocenters. The van der Waals surface area contributed by atoms with Crippen molar-refractivity contribution in [2.24, 2.45) is 23.5 Å². The minimum absolute atomic E-state index is 0. The van der Waals surface area contributed by atoms with Gasteiger partial charge in [0.1, 0.15) is 11.6 Å². The number of hydrogen-bond donors (Lipinski definition) is 1. The summed E-state index contributed by atoms with van der Waals surface area (Å²) in [4.78, 5) is 14.5. The average Bonchev–Trinajstić information content (AvgIpc) is 3.01. The molecule has 2 N–H and O–H groups in total. The number of fused-ring (bicyclic) bond motifs is 1. The van der Waals surface area contributed by atoms with Crippen molar-refractivity contribution < 1.29 is 13.6 Å². The molecule has 1 amide bonds. The van der Waals surface area contributed by atoms with E-state index in [0.717, 1.165) is 19.4 Å².